The molecule has 0 spiro atoms. The van der Waals surface area contributed by atoms with Gasteiger partial charge in [-0.05, 0) is 43.4 Å². The number of nitrogens with one attached hydrogen (secondary N) is 2. The second-order valence-corrected chi connectivity index (χ2v) is 9.35. The number of halogens is 2. The number of benzene rings is 3. The fraction of sp³-hybridized carbons (Fsp3) is 0.286. The van der Waals surface area contributed by atoms with Crippen molar-refractivity contribution in [3.8, 4) is 5.75 Å². The maximum atomic E-state index is 14.0. The van der Waals surface area contributed by atoms with Crippen LogP contribution >= 0.6 is 0 Å². The molecule has 3 aromatic rings. The largest absolute Gasteiger partial charge is 0.488 e. The number of fused-ring (bicyclic) bond motifs is 2. The number of ketones is 1. The average Bonchev–Trinajstić information content (AvgIpc) is 3.03. The van der Waals surface area contributed by atoms with Crippen molar-refractivity contribution in [3.63, 3.8) is 0 Å². The van der Waals surface area contributed by atoms with Gasteiger partial charge in [-0.15, -0.1) is 0 Å². The van der Waals surface area contributed by atoms with Crippen molar-refractivity contribution < 1.29 is 23.1 Å². The van der Waals surface area contributed by atoms with E-state index in [1.54, 1.807) is 36.4 Å². The van der Waals surface area contributed by atoms with Crippen LogP contribution in [0.3, 0.4) is 0 Å². The van der Waals surface area contributed by atoms with Crippen LogP contribution < -0.4 is 15.4 Å². The van der Waals surface area contributed by atoms with Crippen molar-refractivity contribution in [2.45, 2.75) is 6.61 Å². The van der Waals surface area contributed by atoms with E-state index in [0.29, 0.717) is 40.2 Å². The van der Waals surface area contributed by atoms with E-state index < -0.39 is 11.6 Å². The molecule has 3 aromatic carbocycles. The standard InChI is InChI=1S/C28H28F2N4O3/c1-33-10-12-34(13-11-33)9-8-31-28(36)18-2-3-19-17-37-26-16-21(5-6-22(26)27(35)23(19)14-18)32-25-7-4-20(29)15-24(25)30/h2-7,14-16,32H,8-13,17H2,1H3,(H,31,36). The predicted octanol–water partition coefficient (Wildman–Crippen LogP) is 3.81. The highest BCUT2D eigenvalue weighted by molar-refractivity contribution is 6.13. The smallest absolute Gasteiger partial charge is 0.251 e. The fourth-order valence-electron chi connectivity index (χ4n) is 4.51. The third-order valence-corrected chi connectivity index (χ3v) is 6.75. The zero-order valence-corrected chi connectivity index (χ0v) is 20.5. The Bertz CT molecular complexity index is 1340. The number of carbonyl (C=O) groups is 2. The average molecular weight is 507 g/mol. The summed E-state index contributed by atoms with van der Waals surface area (Å²) in [5.74, 6) is -1.54. The van der Waals surface area contributed by atoms with E-state index in [0.717, 1.165) is 44.9 Å². The van der Waals surface area contributed by atoms with Gasteiger partial charge in [-0.2, -0.15) is 0 Å². The van der Waals surface area contributed by atoms with Gasteiger partial charge in [0.05, 0.1) is 11.3 Å². The number of likely N-dealkylation sites (N-methyl/N-ethyl adjacent to an activating group) is 1. The number of anilines is 2. The van der Waals surface area contributed by atoms with Crippen molar-refractivity contribution in [3.05, 3.63) is 88.5 Å². The summed E-state index contributed by atoms with van der Waals surface area (Å²) in [6.45, 7) is 5.46. The summed E-state index contributed by atoms with van der Waals surface area (Å²) < 4.78 is 33.1. The van der Waals surface area contributed by atoms with Gasteiger partial charge in [-0.1, -0.05) is 6.07 Å². The fourth-order valence-corrected chi connectivity index (χ4v) is 4.51. The van der Waals surface area contributed by atoms with Gasteiger partial charge in [0.15, 0.2) is 5.78 Å². The zero-order valence-electron chi connectivity index (χ0n) is 20.5. The minimum Gasteiger partial charge on any atom is -0.488 e. The van der Waals surface area contributed by atoms with Crippen LogP contribution in [0.25, 0.3) is 0 Å². The summed E-state index contributed by atoms with van der Waals surface area (Å²) in [7, 11) is 2.10. The lowest BCUT2D eigenvalue weighted by molar-refractivity contribution is 0.0941. The molecule has 0 bridgehead atoms. The Morgan fingerprint density at radius 1 is 0.973 bits per heavy atom. The van der Waals surface area contributed by atoms with Crippen molar-refractivity contribution in [1.29, 1.82) is 0 Å². The Morgan fingerprint density at radius 3 is 2.57 bits per heavy atom. The van der Waals surface area contributed by atoms with Crippen molar-refractivity contribution in [2.24, 2.45) is 0 Å². The number of carbonyl (C=O) groups excluding carboxylic acids is 2. The van der Waals surface area contributed by atoms with E-state index in [9.17, 15) is 18.4 Å². The van der Waals surface area contributed by atoms with E-state index in [-0.39, 0.29) is 24.0 Å². The monoisotopic (exact) mass is 506 g/mol. The molecular weight excluding hydrogens is 478 g/mol. The first kappa shape index (κ1) is 24.9. The molecule has 2 heterocycles. The summed E-state index contributed by atoms with van der Waals surface area (Å²) in [6, 6.07) is 13.1. The summed E-state index contributed by atoms with van der Waals surface area (Å²) in [5.41, 5.74) is 2.44. The highest BCUT2D eigenvalue weighted by atomic mass is 19.1. The van der Waals surface area contributed by atoms with Crippen LogP contribution in [0.1, 0.15) is 31.8 Å². The van der Waals surface area contributed by atoms with Gasteiger partial charge in [-0.25, -0.2) is 8.78 Å². The van der Waals surface area contributed by atoms with E-state index in [4.69, 9.17) is 4.74 Å². The van der Waals surface area contributed by atoms with Crippen LogP contribution in [0.2, 0.25) is 0 Å². The quantitative estimate of drug-likeness (QED) is 0.530. The minimum absolute atomic E-state index is 0.105. The molecule has 2 N–H and O–H groups in total. The molecule has 7 nitrogen and oxygen atoms in total. The molecule has 1 saturated heterocycles. The number of ether oxygens (including phenoxy) is 1. The molecule has 0 aliphatic carbocycles. The lowest BCUT2D eigenvalue weighted by Crippen LogP contribution is -2.46. The molecule has 0 saturated carbocycles. The van der Waals surface area contributed by atoms with E-state index in [2.05, 4.69) is 27.5 Å². The number of hydrogen-bond acceptors (Lipinski definition) is 6. The first-order valence-electron chi connectivity index (χ1n) is 12.2. The van der Waals surface area contributed by atoms with Gasteiger partial charge in [0.1, 0.15) is 24.0 Å². The zero-order chi connectivity index (χ0) is 25.9. The minimum atomic E-state index is -0.728. The Morgan fingerprint density at radius 2 is 1.78 bits per heavy atom. The number of nitrogens with zero attached hydrogens (tertiary/aromatic N) is 2. The summed E-state index contributed by atoms with van der Waals surface area (Å²) >= 11 is 0. The molecule has 1 amide bonds. The SMILES string of the molecule is CN1CCN(CCNC(=O)c2ccc3c(c2)C(=O)c2ccc(Nc4ccc(F)cc4F)cc2OC3)CC1. The van der Waals surface area contributed by atoms with Crippen LogP contribution in [0.15, 0.2) is 54.6 Å². The Kier molecular flexibility index (Phi) is 7.16. The molecule has 2 aliphatic rings. The molecule has 2 aliphatic heterocycles. The first-order chi connectivity index (χ1) is 17.9. The number of piperazine rings is 1. The second-order valence-electron chi connectivity index (χ2n) is 9.35. The Labute approximate surface area is 214 Å². The molecule has 192 valence electrons. The molecule has 0 unspecified atom stereocenters. The lowest BCUT2D eigenvalue weighted by Gasteiger charge is -2.32. The van der Waals surface area contributed by atoms with E-state index in [1.165, 1.54) is 6.07 Å². The molecule has 0 atom stereocenters. The first-order valence-corrected chi connectivity index (χ1v) is 12.2. The summed E-state index contributed by atoms with van der Waals surface area (Å²) in [6.07, 6.45) is 0. The molecule has 37 heavy (non-hydrogen) atoms. The normalized spacial score (nSPS) is 15.8. The van der Waals surface area contributed by atoms with E-state index in [1.807, 2.05) is 0 Å². The van der Waals surface area contributed by atoms with Crippen LogP contribution in [0, 0.1) is 11.6 Å². The van der Waals surface area contributed by atoms with Gasteiger partial charge in [0.25, 0.3) is 5.91 Å². The number of amides is 1. The Balaban J connectivity index is 1.28. The molecule has 1 fully saturated rings. The number of hydrogen-bond donors (Lipinski definition) is 2. The van der Waals surface area contributed by atoms with Crippen molar-refractivity contribution >= 4 is 23.1 Å². The van der Waals surface area contributed by atoms with E-state index >= 15 is 0 Å². The highest BCUT2D eigenvalue weighted by Crippen LogP contribution is 2.32. The lowest BCUT2D eigenvalue weighted by atomic mass is 9.96. The van der Waals surface area contributed by atoms with Crippen LogP contribution in [-0.2, 0) is 6.61 Å². The van der Waals surface area contributed by atoms with Crippen molar-refractivity contribution in [2.75, 3.05) is 51.6 Å². The predicted molar refractivity (Wildman–Crippen MR) is 137 cm³/mol. The van der Waals surface area contributed by atoms with Crippen LogP contribution in [-0.4, -0.2) is 67.8 Å². The van der Waals surface area contributed by atoms with Crippen LogP contribution in [0.4, 0.5) is 20.2 Å². The second kappa shape index (κ2) is 10.7. The van der Waals surface area contributed by atoms with Crippen molar-refractivity contribution in [1.82, 2.24) is 15.1 Å². The topological polar surface area (TPSA) is 73.9 Å². The maximum absolute atomic E-state index is 14.0. The van der Waals surface area contributed by atoms with Gasteiger partial charge >= 0.3 is 0 Å². The Hall–Kier alpha value is -3.82. The molecule has 9 heteroatoms. The van der Waals surface area contributed by atoms with Gasteiger partial charge in [0.2, 0.25) is 0 Å². The molecule has 0 radical (unpaired) electrons. The molecule has 5 rings (SSSR count). The molecular formula is C28H28F2N4O3. The third kappa shape index (κ3) is 5.63. The highest BCUT2D eigenvalue weighted by Gasteiger charge is 2.24. The van der Waals surface area contributed by atoms with Gasteiger partial charge in [0, 0.05) is 73.8 Å². The van der Waals surface area contributed by atoms with Gasteiger partial charge < -0.3 is 20.3 Å². The maximum Gasteiger partial charge on any atom is 0.251 e. The summed E-state index contributed by atoms with van der Waals surface area (Å²) in [5, 5.41) is 5.84. The summed E-state index contributed by atoms with van der Waals surface area (Å²) in [4.78, 5) is 30.8. The number of rotatable bonds is 6. The molecule has 0 aromatic heterocycles. The van der Waals surface area contributed by atoms with Gasteiger partial charge in [-0.3, -0.25) is 14.5 Å². The van der Waals surface area contributed by atoms with Crippen LogP contribution in [0.5, 0.6) is 5.75 Å². The third-order valence-electron chi connectivity index (χ3n) is 6.75.